The van der Waals surface area contributed by atoms with Crippen LogP contribution in [0, 0.1) is 12.8 Å². The van der Waals surface area contributed by atoms with Crippen molar-refractivity contribution in [2.24, 2.45) is 5.92 Å². The van der Waals surface area contributed by atoms with Gasteiger partial charge in [-0.3, -0.25) is 19.3 Å². The van der Waals surface area contributed by atoms with Gasteiger partial charge in [-0.25, -0.2) is 4.79 Å². The van der Waals surface area contributed by atoms with Crippen LogP contribution in [-0.4, -0.2) is 49.0 Å². The van der Waals surface area contributed by atoms with Crippen LogP contribution in [0.1, 0.15) is 45.6 Å². The van der Waals surface area contributed by atoms with E-state index in [9.17, 15) is 19.2 Å². The van der Waals surface area contributed by atoms with Crippen LogP contribution in [0.4, 0.5) is 4.79 Å². The van der Waals surface area contributed by atoms with Gasteiger partial charge in [0.05, 0.1) is 20.3 Å². The summed E-state index contributed by atoms with van der Waals surface area (Å²) in [6, 6.07) is 23.3. The van der Waals surface area contributed by atoms with Gasteiger partial charge in [-0.2, -0.15) is 0 Å². The molecule has 1 amide bonds. The van der Waals surface area contributed by atoms with E-state index in [1.165, 1.54) is 4.90 Å². The van der Waals surface area contributed by atoms with E-state index in [0.717, 1.165) is 25.3 Å². The number of methoxy groups -OCH3 is 2. The Labute approximate surface area is 221 Å². The molecule has 4 rings (SSSR count). The van der Waals surface area contributed by atoms with Crippen molar-refractivity contribution >= 4 is 23.8 Å². The number of hydrogen-bond acceptors (Lipinski definition) is 7. The first-order valence-electron chi connectivity index (χ1n) is 12.2. The lowest BCUT2D eigenvalue weighted by atomic mass is 9.87. The molecule has 0 unspecified atom stereocenters. The molecule has 1 aliphatic rings. The number of esters is 2. The highest BCUT2D eigenvalue weighted by Gasteiger charge is 2.52. The molecule has 0 radical (unpaired) electrons. The van der Waals surface area contributed by atoms with Crippen molar-refractivity contribution in [1.29, 1.82) is 0 Å². The van der Waals surface area contributed by atoms with Crippen LogP contribution in [0.25, 0.3) is 0 Å². The maximum absolute atomic E-state index is 13.6. The summed E-state index contributed by atoms with van der Waals surface area (Å²) >= 11 is 0. The number of amides is 1. The zero-order valence-corrected chi connectivity index (χ0v) is 21.4. The average Bonchev–Trinajstić information content (AvgIpc) is 3.30. The van der Waals surface area contributed by atoms with Gasteiger partial charge in [-0.15, -0.1) is 0 Å². The predicted molar refractivity (Wildman–Crippen MR) is 138 cm³/mol. The molecule has 0 aliphatic carbocycles. The second-order valence-corrected chi connectivity index (χ2v) is 9.06. The maximum atomic E-state index is 13.6. The van der Waals surface area contributed by atoms with Gasteiger partial charge in [0, 0.05) is 12.0 Å². The Kier molecular flexibility index (Phi) is 8.21. The summed E-state index contributed by atoms with van der Waals surface area (Å²) in [4.78, 5) is 54.3. The van der Waals surface area contributed by atoms with Gasteiger partial charge in [0.2, 0.25) is 0 Å². The number of benzene rings is 3. The van der Waals surface area contributed by atoms with Crippen molar-refractivity contribution in [3.05, 3.63) is 107 Å². The van der Waals surface area contributed by atoms with E-state index in [1.54, 1.807) is 24.3 Å². The SMILES string of the molecule is COC(=O)C(C(=O)OC)[C@@H](CC(=O)c1ccc(C)cc1)N1C(=O)O[C@H](c2ccccc2)[C@@H]1c1ccccc1. The van der Waals surface area contributed by atoms with E-state index in [1.807, 2.05) is 67.6 Å². The lowest BCUT2D eigenvalue weighted by Crippen LogP contribution is -2.50. The smallest absolute Gasteiger partial charge is 0.411 e. The topological polar surface area (TPSA) is 99.2 Å². The van der Waals surface area contributed by atoms with E-state index >= 15 is 0 Å². The third kappa shape index (κ3) is 5.44. The number of carbonyl (C=O) groups is 4. The van der Waals surface area contributed by atoms with Gasteiger partial charge in [0.15, 0.2) is 17.8 Å². The summed E-state index contributed by atoms with van der Waals surface area (Å²) in [7, 11) is 2.28. The Bertz CT molecular complexity index is 1280. The Balaban J connectivity index is 1.85. The molecule has 1 fully saturated rings. The lowest BCUT2D eigenvalue weighted by molar-refractivity contribution is -0.161. The highest BCUT2D eigenvalue weighted by Crippen LogP contribution is 2.46. The van der Waals surface area contributed by atoms with Gasteiger partial charge >= 0.3 is 18.0 Å². The molecule has 8 nitrogen and oxygen atoms in total. The summed E-state index contributed by atoms with van der Waals surface area (Å²) in [6.07, 6.45) is -1.84. The minimum atomic E-state index is -1.58. The fourth-order valence-electron chi connectivity index (χ4n) is 4.80. The molecule has 0 N–H and O–H groups in total. The fraction of sp³-hybridized carbons (Fsp3) is 0.267. The van der Waals surface area contributed by atoms with Crippen molar-refractivity contribution in [2.45, 2.75) is 31.5 Å². The quantitative estimate of drug-likeness (QED) is 0.174. The molecule has 38 heavy (non-hydrogen) atoms. The zero-order chi connectivity index (χ0) is 27.2. The molecule has 0 saturated carbocycles. The molecule has 3 atom stereocenters. The van der Waals surface area contributed by atoms with Gasteiger partial charge in [0.25, 0.3) is 0 Å². The molecule has 0 spiro atoms. The normalized spacial score (nSPS) is 17.6. The molecule has 1 saturated heterocycles. The minimum Gasteiger partial charge on any atom is -0.468 e. The number of Topliss-reactive ketones (excluding diaryl/α,β-unsaturated/α-hetero) is 1. The van der Waals surface area contributed by atoms with Crippen LogP contribution in [0.15, 0.2) is 84.9 Å². The van der Waals surface area contributed by atoms with Gasteiger partial charge in [0.1, 0.15) is 6.04 Å². The summed E-state index contributed by atoms with van der Waals surface area (Å²) in [5.74, 6) is -3.76. The first kappa shape index (κ1) is 26.6. The van der Waals surface area contributed by atoms with Gasteiger partial charge < -0.3 is 14.2 Å². The monoisotopic (exact) mass is 515 g/mol. The van der Waals surface area contributed by atoms with Crippen LogP contribution >= 0.6 is 0 Å². The van der Waals surface area contributed by atoms with Crippen molar-refractivity contribution in [1.82, 2.24) is 4.90 Å². The highest BCUT2D eigenvalue weighted by atomic mass is 16.6. The van der Waals surface area contributed by atoms with E-state index in [0.29, 0.717) is 11.1 Å². The van der Waals surface area contributed by atoms with Crippen LogP contribution in [0.5, 0.6) is 0 Å². The van der Waals surface area contributed by atoms with Crippen LogP contribution in [-0.2, 0) is 23.8 Å². The van der Waals surface area contributed by atoms with Crippen LogP contribution in [0.3, 0.4) is 0 Å². The van der Waals surface area contributed by atoms with E-state index < -0.39 is 42.1 Å². The van der Waals surface area contributed by atoms with Crippen LogP contribution < -0.4 is 0 Å². The summed E-state index contributed by atoms with van der Waals surface area (Å²) < 4.78 is 15.7. The van der Waals surface area contributed by atoms with E-state index in [2.05, 4.69) is 0 Å². The van der Waals surface area contributed by atoms with Gasteiger partial charge in [-0.1, -0.05) is 90.5 Å². The summed E-state index contributed by atoms with van der Waals surface area (Å²) in [5, 5.41) is 0. The number of ether oxygens (including phenoxy) is 3. The highest BCUT2D eigenvalue weighted by molar-refractivity contribution is 6.00. The number of cyclic esters (lactones) is 1. The minimum absolute atomic E-state index is 0.335. The largest absolute Gasteiger partial charge is 0.468 e. The Morgan fingerprint density at radius 1 is 0.816 bits per heavy atom. The number of nitrogens with zero attached hydrogens (tertiary/aromatic N) is 1. The molecule has 1 aliphatic heterocycles. The third-order valence-corrected chi connectivity index (χ3v) is 6.71. The summed E-state index contributed by atoms with van der Waals surface area (Å²) in [5.41, 5.74) is 2.80. The second kappa shape index (κ2) is 11.7. The molecular weight excluding hydrogens is 486 g/mol. The standard InChI is InChI=1S/C30H29NO7/c1-19-14-16-20(17-15-19)24(32)18-23(25(28(33)36-2)29(34)37-3)31-26(21-10-6-4-7-11-21)27(38-30(31)35)22-12-8-5-9-13-22/h4-17,23,25-27H,18H2,1-3H3/t23-,26+,27-/m1/s1. The maximum Gasteiger partial charge on any atom is 0.411 e. The van der Waals surface area contributed by atoms with Crippen molar-refractivity contribution in [3.8, 4) is 0 Å². The van der Waals surface area contributed by atoms with Crippen LogP contribution in [0.2, 0.25) is 0 Å². The Hall–Kier alpha value is -4.46. The molecule has 3 aromatic rings. The number of hydrogen-bond donors (Lipinski definition) is 0. The van der Waals surface area contributed by atoms with Crippen molar-refractivity contribution < 1.29 is 33.4 Å². The van der Waals surface area contributed by atoms with Crippen molar-refractivity contribution in [3.63, 3.8) is 0 Å². The number of aryl methyl sites for hydroxylation is 1. The molecule has 0 aromatic heterocycles. The predicted octanol–water partition coefficient (Wildman–Crippen LogP) is 4.83. The van der Waals surface area contributed by atoms with E-state index in [4.69, 9.17) is 14.2 Å². The van der Waals surface area contributed by atoms with Crippen molar-refractivity contribution in [2.75, 3.05) is 14.2 Å². The molecule has 0 bridgehead atoms. The molecule has 8 heteroatoms. The summed E-state index contributed by atoms with van der Waals surface area (Å²) in [6.45, 7) is 1.90. The Morgan fingerprint density at radius 2 is 1.34 bits per heavy atom. The second-order valence-electron chi connectivity index (χ2n) is 9.06. The molecule has 1 heterocycles. The lowest BCUT2D eigenvalue weighted by Gasteiger charge is -2.34. The van der Waals surface area contributed by atoms with E-state index in [-0.39, 0.29) is 12.2 Å². The molecule has 196 valence electrons. The first-order valence-corrected chi connectivity index (χ1v) is 12.2. The average molecular weight is 516 g/mol. The number of carbonyl (C=O) groups excluding carboxylic acids is 4. The molecular formula is C30H29NO7. The third-order valence-electron chi connectivity index (χ3n) is 6.71. The Morgan fingerprint density at radius 3 is 1.87 bits per heavy atom. The van der Waals surface area contributed by atoms with Gasteiger partial charge in [-0.05, 0) is 18.1 Å². The number of rotatable bonds is 9. The fourth-order valence-corrected chi connectivity index (χ4v) is 4.80. The molecule has 3 aromatic carbocycles. The zero-order valence-electron chi connectivity index (χ0n) is 21.4. The number of ketones is 1. The first-order chi connectivity index (χ1) is 18.3.